The molecule has 4 aromatic rings. The molecule has 3 N–H and O–H groups in total. The van der Waals surface area contributed by atoms with E-state index >= 15 is 0 Å². The number of nitrogens with two attached hydrogens (primary N) is 1. The molecule has 0 spiro atoms. The number of hydrogen-bond acceptors (Lipinski definition) is 7. The van der Waals surface area contributed by atoms with Crippen LogP contribution in [0.1, 0.15) is 62.5 Å². The molecule has 1 fully saturated rings. The van der Waals surface area contributed by atoms with Gasteiger partial charge >= 0.3 is 6.09 Å². The largest absolute Gasteiger partial charge is 0.444 e. The van der Waals surface area contributed by atoms with Crippen LogP contribution in [0.15, 0.2) is 48.8 Å². The average molecular weight is 576 g/mol. The molecule has 214 valence electrons. The van der Waals surface area contributed by atoms with Gasteiger partial charge in [-0.1, -0.05) is 30.7 Å². The summed E-state index contributed by atoms with van der Waals surface area (Å²) in [6, 6.07) is 10.3. The summed E-state index contributed by atoms with van der Waals surface area (Å²) in [7, 11) is 0. The molecule has 0 saturated carbocycles. The van der Waals surface area contributed by atoms with Crippen LogP contribution in [0.5, 0.6) is 0 Å². The van der Waals surface area contributed by atoms with Gasteiger partial charge in [0.25, 0.3) is 5.91 Å². The number of nitrogens with one attached hydrogen (secondary N) is 1. The van der Waals surface area contributed by atoms with Crippen LogP contribution >= 0.6 is 11.6 Å². The third-order valence-electron chi connectivity index (χ3n) is 7.00. The predicted molar refractivity (Wildman–Crippen MR) is 160 cm³/mol. The zero-order chi connectivity index (χ0) is 29.3. The van der Waals surface area contributed by atoms with Gasteiger partial charge in [0.15, 0.2) is 0 Å². The number of pyridine rings is 2. The topological polar surface area (TPSA) is 128 Å². The Labute approximate surface area is 243 Å². The number of fused-ring (bicyclic) bond motifs is 1. The number of ether oxygens (including phenoxy) is 1. The molecule has 11 heteroatoms. The Morgan fingerprint density at radius 3 is 2.68 bits per heavy atom. The van der Waals surface area contributed by atoms with Gasteiger partial charge in [0.2, 0.25) is 0 Å². The molecule has 0 bridgehead atoms. The molecule has 5 rings (SSSR count). The summed E-state index contributed by atoms with van der Waals surface area (Å²) in [5, 5.41) is 8.87. The Hall–Kier alpha value is -4.18. The molecule has 0 aliphatic carbocycles. The highest BCUT2D eigenvalue weighted by Gasteiger charge is 2.31. The van der Waals surface area contributed by atoms with Crippen LogP contribution in [0.4, 0.5) is 16.4 Å². The fraction of sp³-hybridized carbons (Fsp3) is 0.367. The summed E-state index contributed by atoms with van der Waals surface area (Å²) in [5.41, 5.74) is 9.33. The maximum Gasteiger partial charge on any atom is 0.410 e. The van der Waals surface area contributed by atoms with Crippen molar-refractivity contribution in [2.24, 2.45) is 0 Å². The number of anilines is 2. The monoisotopic (exact) mass is 575 g/mol. The highest BCUT2D eigenvalue weighted by Crippen LogP contribution is 2.39. The zero-order valence-electron chi connectivity index (χ0n) is 23.6. The number of carbonyl (C=O) groups is 2. The molecule has 2 amide bonds. The van der Waals surface area contributed by atoms with Gasteiger partial charge in [0.1, 0.15) is 22.9 Å². The minimum Gasteiger partial charge on any atom is -0.444 e. The van der Waals surface area contributed by atoms with Crippen LogP contribution in [-0.4, -0.2) is 55.3 Å². The van der Waals surface area contributed by atoms with E-state index in [4.69, 9.17) is 27.2 Å². The van der Waals surface area contributed by atoms with Crippen LogP contribution in [0.3, 0.4) is 0 Å². The first-order valence-corrected chi connectivity index (χ1v) is 14.1. The van der Waals surface area contributed by atoms with E-state index in [9.17, 15) is 9.59 Å². The lowest BCUT2D eigenvalue weighted by Crippen LogP contribution is -2.43. The lowest BCUT2D eigenvalue weighted by Gasteiger charge is -2.34. The van der Waals surface area contributed by atoms with Gasteiger partial charge in [-0.3, -0.25) is 9.48 Å². The van der Waals surface area contributed by atoms with E-state index in [1.165, 1.54) is 0 Å². The lowest BCUT2D eigenvalue weighted by atomic mass is 10.0. The first-order chi connectivity index (χ1) is 19.6. The van der Waals surface area contributed by atoms with Crippen LogP contribution in [0, 0.1) is 0 Å². The summed E-state index contributed by atoms with van der Waals surface area (Å²) in [6.45, 7) is 8.71. The quantitative estimate of drug-likeness (QED) is 0.293. The zero-order valence-corrected chi connectivity index (χ0v) is 24.4. The maximum absolute atomic E-state index is 12.9. The standard InChI is InChI=1S/C30H34ClN7O3/c1-5-18-16-34-27(32)24-25(21-12-11-19(15-22(21)31)28(39)35-23-10-6-7-13-33-23)36-38(26(18)24)20-9-8-14-37(17-20)29(40)41-30(2,3)4/h6-7,10-13,15-16,20H,5,8-9,14,17H2,1-4H3,(H2,32,34)(H,33,35,39)/t20-/m1/s1. The maximum atomic E-state index is 12.9. The number of nitrogens with zero attached hydrogens (tertiary/aromatic N) is 5. The van der Waals surface area contributed by atoms with E-state index in [0.29, 0.717) is 52.0 Å². The van der Waals surface area contributed by atoms with Crippen molar-refractivity contribution < 1.29 is 14.3 Å². The molecular formula is C30H34ClN7O3. The number of nitrogen functional groups attached to an aromatic ring is 1. The van der Waals surface area contributed by atoms with E-state index in [2.05, 4.69) is 22.2 Å². The highest BCUT2D eigenvalue weighted by atomic mass is 35.5. The molecule has 1 aromatic carbocycles. The third kappa shape index (κ3) is 5.97. The summed E-state index contributed by atoms with van der Waals surface area (Å²) >= 11 is 6.78. The van der Waals surface area contributed by atoms with Gasteiger partial charge in [0.05, 0.1) is 22.0 Å². The summed E-state index contributed by atoms with van der Waals surface area (Å²) in [4.78, 5) is 36.1. The van der Waals surface area contributed by atoms with E-state index in [-0.39, 0.29) is 18.0 Å². The molecule has 10 nitrogen and oxygen atoms in total. The number of piperidine rings is 1. The van der Waals surface area contributed by atoms with Crippen molar-refractivity contribution in [2.45, 2.75) is 58.6 Å². The van der Waals surface area contributed by atoms with Gasteiger partial charge in [-0.15, -0.1) is 0 Å². The fourth-order valence-corrected chi connectivity index (χ4v) is 5.36. The number of likely N-dealkylation sites (tertiary alicyclic amines) is 1. The van der Waals surface area contributed by atoms with Crippen molar-refractivity contribution in [3.8, 4) is 11.3 Å². The molecule has 1 aliphatic rings. The van der Waals surface area contributed by atoms with E-state index in [1.807, 2.05) is 25.5 Å². The first-order valence-electron chi connectivity index (χ1n) is 13.7. The summed E-state index contributed by atoms with van der Waals surface area (Å²) < 4.78 is 7.61. The summed E-state index contributed by atoms with van der Waals surface area (Å²) in [5.74, 6) is 0.457. The Balaban J connectivity index is 1.53. The molecule has 1 aliphatic heterocycles. The van der Waals surface area contributed by atoms with Crippen molar-refractivity contribution in [3.05, 3.63) is 64.9 Å². The first kappa shape index (κ1) is 28.4. The van der Waals surface area contributed by atoms with Crippen molar-refractivity contribution in [2.75, 3.05) is 24.1 Å². The van der Waals surface area contributed by atoms with Crippen molar-refractivity contribution in [1.82, 2.24) is 24.6 Å². The van der Waals surface area contributed by atoms with Crippen molar-refractivity contribution in [3.63, 3.8) is 0 Å². The normalized spacial score (nSPS) is 15.6. The highest BCUT2D eigenvalue weighted by molar-refractivity contribution is 6.34. The molecule has 0 unspecified atom stereocenters. The number of benzene rings is 1. The second-order valence-corrected chi connectivity index (χ2v) is 11.5. The minimum atomic E-state index is -0.581. The Kier molecular flexibility index (Phi) is 7.86. The van der Waals surface area contributed by atoms with Gasteiger partial charge in [-0.05, 0) is 69.9 Å². The number of rotatable bonds is 5. The predicted octanol–water partition coefficient (Wildman–Crippen LogP) is 6.12. The third-order valence-corrected chi connectivity index (χ3v) is 7.31. The van der Waals surface area contributed by atoms with Gasteiger partial charge < -0.3 is 20.7 Å². The number of halogens is 1. The Bertz CT molecular complexity index is 1600. The number of hydrogen-bond donors (Lipinski definition) is 2. The van der Waals surface area contributed by atoms with Gasteiger partial charge in [-0.25, -0.2) is 14.8 Å². The number of carbonyl (C=O) groups excluding carboxylic acids is 2. The number of amides is 2. The van der Waals surface area contributed by atoms with Gasteiger partial charge in [-0.2, -0.15) is 5.10 Å². The molecule has 0 radical (unpaired) electrons. The van der Waals surface area contributed by atoms with Crippen LogP contribution in [0.2, 0.25) is 5.02 Å². The second-order valence-electron chi connectivity index (χ2n) is 11.1. The second kappa shape index (κ2) is 11.4. The van der Waals surface area contributed by atoms with Crippen molar-refractivity contribution in [1.29, 1.82) is 0 Å². The number of aromatic nitrogens is 4. The van der Waals surface area contributed by atoms with E-state index in [0.717, 1.165) is 30.3 Å². The van der Waals surface area contributed by atoms with Crippen LogP contribution in [0.25, 0.3) is 22.2 Å². The Morgan fingerprint density at radius 2 is 2.00 bits per heavy atom. The van der Waals surface area contributed by atoms with E-state index in [1.54, 1.807) is 53.7 Å². The number of aryl methyl sites for hydroxylation is 1. The molecule has 4 heterocycles. The summed E-state index contributed by atoms with van der Waals surface area (Å²) in [6.07, 6.45) is 5.41. The van der Waals surface area contributed by atoms with Crippen LogP contribution < -0.4 is 11.1 Å². The lowest BCUT2D eigenvalue weighted by molar-refractivity contribution is 0.0169. The van der Waals surface area contributed by atoms with Gasteiger partial charge in [0, 0.05) is 36.6 Å². The Morgan fingerprint density at radius 1 is 1.20 bits per heavy atom. The van der Waals surface area contributed by atoms with Crippen molar-refractivity contribution >= 4 is 46.1 Å². The average Bonchev–Trinajstić information content (AvgIpc) is 3.34. The fourth-order valence-electron chi connectivity index (χ4n) is 5.09. The SMILES string of the molecule is CCc1cnc(N)c2c(-c3ccc(C(=O)Nc4ccccn4)cc3Cl)nn([C@@H]3CCCN(C(=O)OC(C)(C)C)C3)c12. The molecular weight excluding hydrogens is 542 g/mol. The minimum absolute atomic E-state index is 0.0955. The van der Waals surface area contributed by atoms with E-state index < -0.39 is 5.60 Å². The molecule has 1 atom stereocenters. The smallest absolute Gasteiger partial charge is 0.410 e. The molecule has 1 saturated heterocycles. The molecule has 41 heavy (non-hydrogen) atoms. The molecule has 3 aromatic heterocycles. The van der Waals surface area contributed by atoms with Crippen LogP contribution in [-0.2, 0) is 11.2 Å².